The van der Waals surface area contributed by atoms with Crippen molar-refractivity contribution < 1.29 is 33.6 Å². The van der Waals surface area contributed by atoms with Crippen LogP contribution in [0, 0.1) is 6.92 Å². The number of ketones is 1. The third kappa shape index (κ3) is 4.52. The molecule has 0 unspecified atom stereocenters. The summed E-state index contributed by atoms with van der Waals surface area (Å²) in [5, 5.41) is 11.3. The number of carbonyl (C=O) groups excluding carboxylic acids is 2. The number of hydrogen-bond donors (Lipinski definition) is 1. The summed E-state index contributed by atoms with van der Waals surface area (Å²) in [4.78, 5) is 27.7. The van der Waals surface area contributed by atoms with Gasteiger partial charge in [-0.2, -0.15) is 0 Å². The predicted octanol–water partition coefficient (Wildman–Crippen LogP) is 3.48. The molecular weight excluding hydrogens is 426 g/mol. The number of amides is 1. The highest BCUT2D eigenvalue weighted by Crippen LogP contribution is 2.45. The second kappa shape index (κ2) is 10.4. The van der Waals surface area contributed by atoms with Gasteiger partial charge < -0.3 is 29.0 Å². The molecular formula is C25H29NO7. The van der Waals surface area contributed by atoms with Gasteiger partial charge in [0, 0.05) is 31.4 Å². The minimum absolute atomic E-state index is 0.00256. The van der Waals surface area contributed by atoms with E-state index in [1.807, 2.05) is 0 Å². The molecule has 1 aliphatic heterocycles. The molecule has 1 fully saturated rings. The molecule has 0 bridgehead atoms. The second-order valence-electron chi connectivity index (χ2n) is 7.60. The number of methoxy groups -OCH3 is 4. The summed E-state index contributed by atoms with van der Waals surface area (Å²) in [7, 11) is 6.13. The second-order valence-corrected chi connectivity index (χ2v) is 7.60. The van der Waals surface area contributed by atoms with E-state index in [2.05, 4.69) is 0 Å². The Balaban J connectivity index is 2.24. The minimum atomic E-state index is -0.853. The number of para-hydroxylation sites is 1. The van der Waals surface area contributed by atoms with Crippen molar-refractivity contribution in [3.63, 3.8) is 0 Å². The van der Waals surface area contributed by atoms with Gasteiger partial charge in [-0.05, 0) is 43.2 Å². The normalized spacial score (nSPS) is 17.4. The standard InChI is InChI=1S/C25H29NO7/c1-15-14-16(31-3)10-11-17(15)22(27)20-21(18-8-6-9-19(32-4)24(18)33-5)26(12-7-13-30-2)25(29)23(20)28/h6,8-11,14,21,27H,7,12-13H2,1-5H3/t21-/m0/s1. The molecule has 8 nitrogen and oxygen atoms in total. The van der Waals surface area contributed by atoms with Crippen LogP contribution in [-0.2, 0) is 14.3 Å². The topological polar surface area (TPSA) is 94.5 Å². The third-order valence-corrected chi connectivity index (χ3v) is 5.70. The number of aliphatic hydroxyl groups excluding tert-OH is 1. The summed E-state index contributed by atoms with van der Waals surface area (Å²) in [5.41, 5.74) is 1.68. The van der Waals surface area contributed by atoms with Crippen molar-refractivity contribution in [1.29, 1.82) is 0 Å². The van der Waals surface area contributed by atoms with Crippen LogP contribution >= 0.6 is 0 Å². The van der Waals surface area contributed by atoms with Crippen LogP contribution in [0.5, 0.6) is 17.2 Å². The zero-order valence-corrected chi connectivity index (χ0v) is 19.5. The lowest BCUT2D eigenvalue weighted by atomic mass is 9.93. The number of likely N-dealkylation sites (tertiary alicyclic amines) is 1. The zero-order chi connectivity index (χ0) is 24.1. The van der Waals surface area contributed by atoms with Gasteiger partial charge in [0.2, 0.25) is 0 Å². The Labute approximate surface area is 193 Å². The first-order valence-electron chi connectivity index (χ1n) is 10.5. The quantitative estimate of drug-likeness (QED) is 0.268. The molecule has 8 heteroatoms. The van der Waals surface area contributed by atoms with E-state index < -0.39 is 17.7 Å². The van der Waals surface area contributed by atoms with Gasteiger partial charge in [-0.25, -0.2) is 0 Å². The van der Waals surface area contributed by atoms with Crippen molar-refractivity contribution in [2.45, 2.75) is 19.4 Å². The molecule has 0 saturated carbocycles. The Hall–Kier alpha value is -3.52. The summed E-state index contributed by atoms with van der Waals surface area (Å²) < 4.78 is 21.4. The summed E-state index contributed by atoms with van der Waals surface area (Å²) in [6.07, 6.45) is 0.522. The largest absolute Gasteiger partial charge is 0.507 e. The summed E-state index contributed by atoms with van der Waals surface area (Å²) in [6.45, 7) is 2.48. The first-order chi connectivity index (χ1) is 15.9. The number of Topliss-reactive ketones (excluding diaryl/α,β-unsaturated/α-hetero) is 1. The lowest BCUT2D eigenvalue weighted by Crippen LogP contribution is -2.31. The number of hydrogen-bond acceptors (Lipinski definition) is 7. The van der Waals surface area contributed by atoms with Gasteiger partial charge in [0.1, 0.15) is 11.5 Å². The number of benzene rings is 2. The van der Waals surface area contributed by atoms with Gasteiger partial charge in [0.25, 0.3) is 11.7 Å². The monoisotopic (exact) mass is 455 g/mol. The summed E-state index contributed by atoms with van der Waals surface area (Å²) >= 11 is 0. The molecule has 1 heterocycles. The van der Waals surface area contributed by atoms with Crippen LogP contribution in [-0.4, -0.2) is 63.3 Å². The molecule has 1 aliphatic rings. The molecule has 2 aromatic rings. The molecule has 33 heavy (non-hydrogen) atoms. The Bertz CT molecular complexity index is 1080. The van der Waals surface area contributed by atoms with Crippen molar-refractivity contribution in [2.24, 2.45) is 0 Å². The molecule has 176 valence electrons. The first-order valence-corrected chi connectivity index (χ1v) is 10.5. The van der Waals surface area contributed by atoms with E-state index in [0.29, 0.717) is 47.0 Å². The number of nitrogens with zero attached hydrogens (tertiary/aromatic N) is 1. The van der Waals surface area contributed by atoms with Crippen molar-refractivity contribution >= 4 is 17.4 Å². The lowest BCUT2D eigenvalue weighted by Gasteiger charge is -2.27. The number of aliphatic hydroxyl groups is 1. The molecule has 1 amide bonds. The zero-order valence-electron chi connectivity index (χ0n) is 19.5. The van der Waals surface area contributed by atoms with Gasteiger partial charge in [-0.3, -0.25) is 9.59 Å². The maximum atomic E-state index is 13.2. The van der Waals surface area contributed by atoms with Crippen LogP contribution in [0.15, 0.2) is 42.0 Å². The van der Waals surface area contributed by atoms with E-state index in [9.17, 15) is 14.7 Å². The van der Waals surface area contributed by atoms with E-state index in [-0.39, 0.29) is 17.9 Å². The predicted molar refractivity (Wildman–Crippen MR) is 123 cm³/mol. The van der Waals surface area contributed by atoms with Crippen LogP contribution in [0.2, 0.25) is 0 Å². The van der Waals surface area contributed by atoms with Crippen LogP contribution < -0.4 is 14.2 Å². The van der Waals surface area contributed by atoms with Crippen molar-refractivity contribution in [1.82, 2.24) is 4.90 Å². The van der Waals surface area contributed by atoms with Crippen LogP contribution in [0.4, 0.5) is 0 Å². The molecule has 0 aromatic heterocycles. The fourth-order valence-corrected chi connectivity index (χ4v) is 4.11. The molecule has 3 rings (SSSR count). The van der Waals surface area contributed by atoms with Gasteiger partial charge in [0.15, 0.2) is 11.5 Å². The molecule has 0 radical (unpaired) electrons. The van der Waals surface area contributed by atoms with Crippen LogP contribution in [0.3, 0.4) is 0 Å². The highest BCUT2D eigenvalue weighted by molar-refractivity contribution is 6.46. The highest BCUT2D eigenvalue weighted by Gasteiger charge is 2.47. The highest BCUT2D eigenvalue weighted by atomic mass is 16.5. The number of rotatable bonds is 9. The van der Waals surface area contributed by atoms with E-state index in [4.69, 9.17) is 18.9 Å². The molecule has 1 saturated heterocycles. The van der Waals surface area contributed by atoms with Crippen LogP contribution in [0.1, 0.15) is 29.2 Å². The number of ether oxygens (including phenoxy) is 4. The average molecular weight is 456 g/mol. The smallest absolute Gasteiger partial charge is 0.295 e. The molecule has 1 N–H and O–H groups in total. The van der Waals surface area contributed by atoms with E-state index >= 15 is 0 Å². The SMILES string of the molecule is COCCCN1C(=O)C(=O)C(=C(O)c2ccc(OC)cc2C)[C@@H]1c1cccc(OC)c1OC. The Morgan fingerprint density at radius 1 is 1.03 bits per heavy atom. The summed E-state index contributed by atoms with van der Waals surface area (Å²) in [6, 6.07) is 9.51. The fourth-order valence-electron chi connectivity index (χ4n) is 4.11. The average Bonchev–Trinajstić information content (AvgIpc) is 3.07. The van der Waals surface area contributed by atoms with Gasteiger partial charge in [0.05, 0.1) is 32.9 Å². The minimum Gasteiger partial charge on any atom is -0.507 e. The Morgan fingerprint density at radius 3 is 2.39 bits per heavy atom. The van der Waals surface area contributed by atoms with Crippen LogP contribution in [0.25, 0.3) is 5.76 Å². The fraction of sp³-hybridized carbons (Fsp3) is 0.360. The first kappa shape index (κ1) is 24.1. The maximum absolute atomic E-state index is 13.2. The van der Waals surface area contributed by atoms with Gasteiger partial charge in [-0.1, -0.05) is 12.1 Å². The Kier molecular flexibility index (Phi) is 7.60. The van der Waals surface area contributed by atoms with Gasteiger partial charge in [-0.15, -0.1) is 0 Å². The third-order valence-electron chi connectivity index (χ3n) is 5.70. The number of carbonyl (C=O) groups is 2. The lowest BCUT2D eigenvalue weighted by molar-refractivity contribution is -0.140. The molecule has 0 spiro atoms. The Morgan fingerprint density at radius 2 is 1.79 bits per heavy atom. The van der Waals surface area contributed by atoms with Crippen molar-refractivity contribution in [2.75, 3.05) is 41.6 Å². The van der Waals surface area contributed by atoms with E-state index in [1.165, 1.54) is 19.1 Å². The molecule has 2 aromatic carbocycles. The maximum Gasteiger partial charge on any atom is 0.295 e. The van der Waals surface area contributed by atoms with E-state index in [0.717, 1.165) is 0 Å². The van der Waals surface area contributed by atoms with E-state index in [1.54, 1.807) is 57.5 Å². The molecule has 0 aliphatic carbocycles. The molecule has 1 atom stereocenters. The van der Waals surface area contributed by atoms with Crippen molar-refractivity contribution in [3.05, 3.63) is 58.7 Å². The van der Waals surface area contributed by atoms with Crippen molar-refractivity contribution in [3.8, 4) is 17.2 Å². The number of aryl methyl sites for hydroxylation is 1. The van der Waals surface area contributed by atoms with Gasteiger partial charge >= 0.3 is 0 Å². The summed E-state index contributed by atoms with van der Waals surface area (Å²) in [5.74, 6) is -0.226.